The normalized spacial score (nSPS) is 22.3. The molecule has 1 spiro atoms. The molecular formula is C26H28FNO3S2. The molecule has 174 valence electrons. The third kappa shape index (κ3) is 4.23. The lowest BCUT2D eigenvalue weighted by molar-refractivity contribution is -0.144. The zero-order valence-corrected chi connectivity index (χ0v) is 20.2. The fourth-order valence-electron chi connectivity index (χ4n) is 5.02. The van der Waals surface area contributed by atoms with Crippen molar-refractivity contribution < 1.29 is 19.0 Å². The van der Waals surface area contributed by atoms with Crippen molar-refractivity contribution in [3.8, 4) is 5.75 Å². The molecule has 4 nitrogen and oxygen atoms in total. The molecule has 0 radical (unpaired) electrons. The van der Waals surface area contributed by atoms with E-state index >= 15 is 0 Å². The number of nitrogens with zero attached hydrogens (tertiary/aromatic N) is 1. The fourth-order valence-corrected chi connectivity index (χ4v) is 7.66. The minimum Gasteiger partial charge on any atom is -0.491 e. The van der Waals surface area contributed by atoms with Crippen molar-refractivity contribution >= 4 is 40.9 Å². The lowest BCUT2D eigenvalue weighted by Crippen LogP contribution is -2.27. The zero-order valence-electron chi connectivity index (χ0n) is 18.5. The van der Waals surface area contributed by atoms with Gasteiger partial charge in [-0.2, -0.15) is 0 Å². The van der Waals surface area contributed by atoms with Crippen molar-refractivity contribution in [2.24, 2.45) is 10.8 Å². The number of anilines is 2. The molecule has 2 aromatic rings. The van der Waals surface area contributed by atoms with Crippen LogP contribution in [-0.4, -0.2) is 35.2 Å². The van der Waals surface area contributed by atoms with Crippen molar-refractivity contribution in [1.29, 1.82) is 0 Å². The van der Waals surface area contributed by atoms with Crippen LogP contribution in [0.1, 0.15) is 44.9 Å². The largest absolute Gasteiger partial charge is 0.491 e. The molecule has 0 unspecified atom stereocenters. The molecule has 1 aliphatic heterocycles. The second-order valence-corrected chi connectivity index (χ2v) is 12.6. The summed E-state index contributed by atoms with van der Waals surface area (Å²) in [5, 5.41) is 10.2. The first-order valence-corrected chi connectivity index (χ1v) is 13.7. The van der Waals surface area contributed by atoms with E-state index in [1.165, 1.54) is 37.8 Å². The number of hydrogen-bond donors (Lipinski definition) is 1. The van der Waals surface area contributed by atoms with Crippen LogP contribution in [0.25, 0.3) is 0 Å². The van der Waals surface area contributed by atoms with Crippen molar-refractivity contribution in [3.63, 3.8) is 0 Å². The van der Waals surface area contributed by atoms with Gasteiger partial charge in [0.15, 0.2) is 0 Å². The van der Waals surface area contributed by atoms with Gasteiger partial charge in [0.05, 0.1) is 10.6 Å². The maximum atomic E-state index is 13.6. The van der Waals surface area contributed by atoms with Crippen molar-refractivity contribution in [1.82, 2.24) is 0 Å². The van der Waals surface area contributed by atoms with E-state index in [-0.39, 0.29) is 12.4 Å². The van der Waals surface area contributed by atoms with Crippen molar-refractivity contribution in [2.75, 3.05) is 23.8 Å². The molecular weight excluding hydrogens is 457 g/mol. The van der Waals surface area contributed by atoms with Gasteiger partial charge in [-0.05, 0) is 92.5 Å². The van der Waals surface area contributed by atoms with Crippen LogP contribution in [0.4, 0.5) is 15.8 Å². The van der Waals surface area contributed by atoms with Crippen LogP contribution >= 0.6 is 23.5 Å². The number of hydrogen-bond acceptors (Lipinski definition) is 5. The third-order valence-electron chi connectivity index (χ3n) is 7.62. The van der Waals surface area contributed by atoms with E-state index in [1.807, 2.05) is 35.7 Å². The van der Waals surface area contributed by atoms with Crippen molar-refractivity contribution in [2.45, 2.75) is 60.0 Å². The van der Waals surface area contributed by atoms with Gasteiger partial charge in [0, 0.05) is 22.4 Å². The first-order chi connectivity index (χ1) is 16.0. The van der Waals surface area contributed by atoms with Gasteiger partial charge < -0.3 is 14.7 Å². The number of aliphatic carboxylic acids is 1. The highest BCUT2D eigenvalue weighted by Gasteiger charge is 2.53. The van der Waals surface area contributed by atoms with E-state index in [2.05, 4.69) is 17.0 Å². The number of ether oxygens (including phenoxy) is 1. The summed E-state index contributed by atoms with van der Waals surface area (Å²) in [6.07, 6.45) is 7.68. The number of carboxylic acid groups (broad SMARTS) is 1. The minimum atomic E-state index is -0.752. The molecule has 7 heteroatoms. The molecule has 0 saturated heterocycles. The fraction of sp³-hybridized carbons (Fsp3) is 0.500. The summed E-state index contributed by atoms with van der Waals surface area (Å²) in [6.45, 7) is 1.11. The Morgan fingerprint density at radius 2 is 1.94 bits per heavy atom. The number of benzene rings is 2. The standard InChI is InChI=1S/C26H28FNO3S2/c27-17-2-4-18(5-3-17)28-10-1-11-32-22-13-21(31-16-26(8-9-26)24(29)30)23(12-20(22)28)33-19-14-25(15-19)6-7-25/h2-5,12-13,19H,1,6-11,14-16H2,(H,29,30). The Hall–Kier alpha value is -1.86. The number of thioether (sulfide) groups is 2. The molecule has 33 heavy (non-hydrogen) atoms. The SMILES string of the molecule is O=C(O)C1(COc2cc3c(cc2SC2CC4(CC4)C2)N(c2ccc(F)cc2)CCCS3)CC1. The molecule has 1 N–H and O–H groups in total. The van der Waals surface area contributed by atoms with Gasteiger partial charge in [-0.25, -0.2) is 4.39 Å². The molecule has 0 aromatic heterocycles. The van der Waals surface area contributed by atoms with Gasteiger partial charge in [0.1, 0.15) is 23.6 Å². The molecule has 0 bridgehead atoms. The molecule has 3 fully saturated rings. The summed E-state index contributed by atoms with van der Waals surface area (Å²) in [5.74, 6) is 0.838. The minimum absolute atomic E-state index is 0.227. The van der Waals surface area contributed by atoms with Crippen LogP contribution in [0.5, 0.6) is 5.75 Å². The van der Waals surface area contributed by atoms with Crippen LogP contribution in [0, 0.1) is 16.6 Å². The van der Waals surface area contributed by atoms with Gasteiger partial charge >= 0.3 is 5.97 Å². The highest BCUT2D eigenvalue weighted by Crippen LogP contribution is 2.65. The first kappa shape index (κ1) is 21.7. The maximum absolute atomic E-state index is 13.6. The summed E-state index contributed by atoms with van der Waals surface area (Å²) >= 11 is 3.71. The van der Waals surface area contributed by atoms with E-state index in [0.29, 0.717) is 23.5 Å². The van der Waals surface area contributed by atoms with Gasteiger partial charge in [-0.1, -0.05) is 0 Å². The van der Waals surface area contributed by atoms with Gasteiger partial charge in [-0.3, -0.25) is 4.79 Å². The molecule has 0 amide bonds. The summed E-state index contributed by atoms with van der Waals surface area (Å²) in [5.41, 5.74) is 2.05. The van der Waals surface area contributed by atoms with Crippen LogP contribution in [0.15, 0.2) is 46.2 Å². The number of carbonyl (C=O) groups is 1. The van der Waals surface area contributed by atoms with E-state index in [4.69, 9.17) is 4.74 Å². The molecule has 2 aromatic carbocycles. The number of fused-ring (bicyclic) bond motifs is 1. The molecule has 0 atom stereocenters. The van der Waals surface area contributed by atoms with Crippen LogP contribution < -0.4 is 9.64 Å². The average Bonchev–Trinajstić information content (AvgIpc) is 3.67. The second-order valence-electron chi connectivity index (χ2n) is 10.1. The monoisotopic (exact) mass is 485 g/mol. The topological polar surface area (TPSA) is 49.8 Å². The van der Waals surface area contributed by atoms with Crippen LogP contribution in [0.3, 0.4) is 0 Å². The molecule has 4 aliphatic rings. The Bertz CT molecular complexity index is 1070. The van der Waals surface area contributed by atoms with Crippen LogP contribution in [0.2, 0.25) is 0 Å². The molecule has 3 aliphatic carbocycles. The van der Waals surface area contributed by atoms with Crippen molar-refractivity contribution in [3.05, 3.63) is 42.2 Å². The molecule has 3 saturated carbocycles. The Kier molecular flexibility index (Phi) is 5.33. The van der Waals surface area contributed by atoms with Crippen LogP contribution in [-0.2, 0) is 4.79 Å². The highest BCUT2D eigenvalue weighted by molar-refractivity contribution is 8.00. The Labute approximate surface area is 202 Å². The Morgan fingerprint density at radius 3 is 2.61 bits per heavy atom. The Balaban J connectivity index is 1.33. The van der Waals surface area contributed by atoms with Gasteiger partial charge in [0.25, 0.3) is 0 Å². The van der Waals surface area contributed by atoms with Gasteiger partial charge in [-0.15, -0.1) is 23.5 Å². The Morgan fingerprint density at radius 1 is 1.18 bits per heavy atom. The smallest absolute Gasteiger partial charge is 0.313 e. The summed E-state index contributed by atoms with van der Waals surface area (Å²) in [4.78, 5) is 16.2. The maximum Gasteiger partial charge on any atom is 0.313 e. The average molecular weight is 486 g/mol. The van der Waals surface area contributed by atoms with E-state index in [9.17, 15) is 14.3 Å². The molecule has 6 rings (SSSR count). The third-order valence-corrected chi connectivity index (χ3v) is 9.99. The first-order valence-electron chi connectivity index (χ1n) is 11.8. The second kappa shape index (κ2) is 8.12. The number of rotatable bonds is 7. The lowest BCUT2D eigenvalue weighted by atomic mass is 9.81. The summed E-state index contributed by atoms with van der Waals surface area (Å²) < 4.78 is 19.8. The molecule has 1 heterocycles. The number of carboxylic acids is 1. The zero-order chi connectivity index (χ0) is 22.6. The quantitative estimate of drug-likeness (QED) is 0.469. The predicted octanol–water partition coefficient (Wildman–Crippen LogP) is 6.74. The van der Waals surface area contributed by atoms with E-state index in [1.54, 1.807) is 0 Å². The summed E-state index contributed by atoms with van der Waals surface area (Å²) in [7, 11) is 0. The highest BCUT2D eigenvalue weighted by atomic mass is 32.2. The lowest BCUT2D eigenvalue weighted by Gasteiger charge is -2.36. The van der Waals surface area contributed by atoms with E-state index < -0.39 is 11.4 Å². The predicted molar refractivity (Wildman–Crippen MR) is 131 cm³/mol. The van der Waals surface area contributed by atoms with Gasteiger partial charge in [0.2, 0.25) is 0 Å². The number of halogens is 1. The summed E-state index contributed by atoms with van der Waals surface area (Å²) in [6, 6.07) is 11.1. The van der Waals surface area contributed by atoms with E-state index in [0.717, 1.165) is 45.6 Å².